The number of rotatable bonds is 9. The summed E-state index contributed by atoms with van der Waals surface area (Å²) in [5, 5.41) is 3.31. The lowest BCUT2D eigenvalue weighted by Gasteiger charge is -2.33. The number of carbonyl (C=O) groups is 2. The summed E-state index contributed by atoms with van der Waals surface area (Å²) >= 11 is 5.99. The van der Waals surface area contributed by atoms with Crippen molar-refractivity contribution in [1.82, 2.24) is 10.2 Å². The molecular formula is C29H34ClN3O4S. The summed E-state index contributed by atoms with van der Waals surface area (Å²) in [5.41, 5.74) is 1.50. The van der Waals surface area contributed by atoms with Crippen molar-refractivity contribution in [3.63, 3.8) is 0 Å². The second kappa shape index (κ2) is 12.0. The average molecular weight is 556 g/mol. The van der Waals surface area contributed by atoms with Gasteiger partial charge in [0.1, 0.15) is 12.6 Å². The largest absolute Gasteiger partial charge is 0.350 e. The van der Waals surface area contributed by atoms with E-state index in [0.717, 1.165) is 15.4 Å². The number of nitrogens with zero attached hydrogens (tertiary/aromatic N) is 2. The molecule has 0 spiro atoms. The van der Waals surface area contributed by atoms with Crippen LogP contribution in [-0.4, -0.2) is 43.3 Å². The highest BCUT2D eigenvalue weighted by atomic mass is 35.5. The number of hydrogen-bond acceptors (Lipinski definition) is 4. The van der Waals surface area contributed by atoms with Crippen LogP contribution >= 0.6 is 11.6 Å². The maximum absolute atomic E-state index is 13.9. The van der Waals surface area contributed by atoms with E-state index in [0.29, 0.717) is 10.7 Å². The molecule has 38 heavy (non-hydrogen) atoms. The summed E-state index contributed by atoms with van der Waals surface area (Å²) in [4.78, 5) is 28.4. The second-order valence-corrected chi connectivity index (χ2v) is 12.5. The van der Waals surface area contributed by atoms with Crippen LogP contribution in [0.4, 0.5) is 5.69 Å². The SMILES string of the molecule is Cc1cccc(N(CC(=O)N(Cc2ccccc2)C(C)C(=O)NC(C)(C)C)S(=O)(=O)c2ccc(Cl)cc2)c1. The maximum atomic E-state index is 13.9. The molecule has 7 nitrogen and oxygen atoms in total. The lowest BCUT2D eigenvalue weighted by atomic mass is 10.1. The lowest BCUT2D eigenvalue weighted by Crippen LogP contribution is -2.54. The first-order chi connectivity index (χ1) is 17.8. The quantitative estimate of drug-likeness (QED) is 0.394. The molecule has 0 saturated carbocycles. The molecule has 0 saturated heterocycles. The maximum Gasteiger partial charge on any atom is 0.264 e. The molecule has 0 bridgehead atoms. The van der Waals surface area contributed by atoms with Gasteiger partial charge in [-0.15, -0.1) is 0 Å². The molecule has 0 fully saturated rings. The Morgan fingerprint density at radius 2 is 1.58 bits per heavy atom. The first kappa shape index (κ1) is 29.2. The van der Waals surface area contributed by atoms with E-state index in [1.54, 1.807) is 25.1 Å². The van der Waals surface area contributed by atoms with Crippen LogP contribution < -0.4 is 9.62 Å². The van der Waals surface area contributed by atoms with E-state index < -0.39 is 34.1 Å². The fraction of sp³-hybridized carbons (Fsp3) is 0.310. The number of aryl methyl sites for hydroxylation is 1. The molecule has 202 valence electrons. The van der Waals surface area contributed by atoms with E-state index in [1.165, 1.54) is 29.2 Å². The highest BCUT2D eigenvalue weighted by Crippen LogP contribution is 2.26. The van der Waals surface area contributed by atoms with Gasteiger partial charge in [-0.2, -0.15) is 0 Å². The van der Waals surface area contributed by atoms with Gasteiger partial charge in [0.05, 0.1) is 10.6 Å². The first-order valence-corrected chi connectivity index (χ1v) is 14.1. The van der Waals surface area contributed by atoms with Gasteiger partial charge in [-0.3, -0.25) is 13.9 Å². The van der Waals surface area contributed by atoms with Crippen molar-refractivity contribution in [2.75, 3.05) is 10.8 Å². The smallest absolute Gasteiger partial charge is 0.264 e. The number of nitrogens with one attached hydrogen (secondary N) is 1. The van der Waals surface area contributed by atoms with Gasteiger partial charge in [0.2, 0.25) is 11.8 Å². The van der Waals surface area contributed by atoms with Crippen molar-refractivity contribution < 1.29 is 18.0 Å². The minimum atomic E-state index is -4.14. The van der Waals surface area contributed by atoms with Gasteiger partial charge in [0.25, 0.3) is 10.0 Å². The number of hydrogen-bond donors (Lipinski definition) is 1. The van der Waals surface area contributed by atoms with Crippen LogP contribution in [0.5, 0.6) is 0 Å². The van der Waals surface area contributed by atoms with E-state index in [1.807, 2.05) is 64.1 Å². The average Bonchev–Trinajstić information content (AvgIpc) is 2.85. The molecule has 1 N–H and O–H groups in total. The summed E-state index contributed by atoms with van der Waals surface area (Å²) in [6.45, 7) is 8.72. The van der Waals surface area contributed by atoms with Crippen molar-refractivity contribution in [3.05, 3.63) is 95.0 Å². The third-order valence-electron chi connectivity index (χ3n) is 5.83. The summed E-state index contributed by atoms with van der Waals surface area (Å²) in [6.07, 6.45) is 0. The van der Waals surface area contributed by atoms with Gasteiger partial charge < -0.3 is 10.2 Å². The molecule has 3 aromatic carbocycles. The van der Waals surface area contributed by atoms with Gasteiger partial charge in [-0.1, -0.05) is 54.1 Å². The first-order valence-electron chi connectivity index (χ1n) is 12.3. The van der Waals surface area contributed by atoms with Crippen molar-refractivity contribution >= 4 is 39.1 Å². The normalized spacial score (nSPS) is 12.5. The molecule has 0 aliphatic carbocycles. The van der Waals surface area contributed by atoms with Gasteiger partial charge in [-0.25, -0.2) is 8.42 Å². The molecule has 0 aromatic heterocycles. The fourth-order valence-electron chi connectivity index (χ4n) is 3.88. The molecule has 0 aliphatic heterocycles. The standard InChI is InChI=1S/C29H34ClN3O4S/c1-21-10-9-13-25(18-21)33(38(36,37)26-16-14-24(30)15-17-26)20-27(34)32(19-23-11-7-6-8-12-23)22(2)28(35)31-29(3,4)5/h6-18,22H,19-20H2,1-5H3,(H,31,35). The van der Waals surface area contributed by atoms with Gasteiger partial charge in [0.15, 0.2) is 0 Å². The van der Waals surface area contributed by atoms with Crippen molar-refractivity contribution in [3.8, 4) is 0 Å². The molecule has 3 rings (SSSR count). The molecule has 1 atom stereocenters. The third kappa shape index (κ3) is 7.58. The van der Waals surface area contributed by atoms with E-state index in [9.17, 15) is 18.0 Å². The van der Waals surface area contributed by atoms with Gasteiger partial charge in [0, 0.05) is 17.1 Å². The van der Waals surface area contributed by atoms with Crippen LogP contribution in [-0.2, 0) is 26.2 Å². The molecule has 0 radical (unpaired) electrons. The molecule has 0 aliphatic rings. The number of benzene rings is 3. The van der Waals surface area contributed by atoms with Crippen LogP contribution in [0.15, 0.2) is 83.8 Å². The Balaban J connectivity index is 2.03. The summed E-state index contributed by atoms with van der Waals surface area (Å²) in [5.74, 6) is -0.839. The van der Waals surface area contributed by atoms with E-state index >= 15 is 0 Å². The molecule has 2 amide bonds. The third-order valence-corrected chi connectivity index (χ3v) is 7.87. The molecule has 1 unspecified atom stereocenters. The number of sulfonamides is 1. The van der Waals surface area contributed by atoms with Gasteiger partial charge >= 0.3 is 0 Å². The van der Waals surface area contributed by atoms with Crippen LogP contribution in [0, 0.1) is 6.92 Å². The number of carbonyl (C=O) groups excluding carboxylic acids is 2. The van der Waals surface area contributed by atoms with E-state index in [4.69, 9.17) is 11.6 Å². The highest BCUT2D eigenvalue weighted by molar-refractivity contribution is 7.92. The number of halogens is 1. The monoisotopic (exact) mass is 555 g/mol. The predicted molar refractivity (Wildman–Crippen MR) is 152 cm³/mol. The second-order valence-electron chi connectivity index (χ2n) is 10.2. The summed E-state index contributed by atoms with van der Waals surface area (Å²) < 4.78 is 28.7. The Labute approximate surface area is 230 Å². The zero-order valence-electron chi connectivity index (χ0n) is 22.3. The Hall–Kier alpha value is -3.36. The summed E-state index contributed by atoms with van der Waals surface area (Å²) in [6, 6.07) is 21.2. The predicted octanol–water partition coefficient (Wildman–Crippen LogP) is 5.18. The Kier molecular flexibility index (Phi) is 9.22. The highest BCUT2D eigenvalue weighted by Gasteiger charge is 2.33. The van der Waals surface area contributed by atoms with Crippen molar-refractivity contribution in [2.45, 2.75) is 57.6 Å². The fourth-order valence-corrected chi connectivity index (χ4v) is 5.41. The van der Waals surface area contributed by atoms with E-state index in [-0.39, 0.29) is 17.3 Å². The molecule has 3 aromatic rings. The zero-order valence-corrected chi connectivity index (χ0v) is 23.9. The van der Waals surface area contributed by atoms with Crippen LogP contribution in [0.25, 0.3) is 0 Å². The van der Waals surface area contributed by atoms with Gasteiger partial charge in [-0.05, 0) is 82.1 Å². The van der Waals surface area contributed by atoms with Crippen LogP contribution in [0.2, 0.25) is 5.02 Å². The van der Waals surface area contributed by atoms with Crippen molar-refractivity contribution in [2.24, 2.45) is 0 Å². The Bertz CT molecular complexity index is 1370. The van der Waals surface area contributed by atoms with Crippen molar-refractivity contribution in [1.29, 1.82) is 0 Å². The minimum absolute atomic E-state index is 0.00402. The summed E-state index contributed by atoms with van der Waals surface area (Å²) in [7, 11) is -4.14. The molecule has 9 heteroatoms. The van der Waals surface area contributed by atoms with Crippen LogP contribution in [0.1, 0.15) is 38.8 Å². The topological polar surface area (TPSA) is 86.8 Å². The van der Waals surface area contributed by atoms with E-state index in [2.05, 4.69) is 5.32 Å². The lowest BCUT2D eigenvalue weighted by molar-refractivity contribution is -0.140. The number of amides is 2. The number of anilines is 1. The molecular weight excluding hydrogens is 522 g/mol. The van der Waals surface area contributed by atoms with Crippen LogP contribution in [0.3, 0.4) is 0 Å². The minimum Gasteiger partial charge on any atom is -0.350 e. The zero-order chi connectivity index (χ0) is 28.1. The Morgan fingerprint density at radius 3 is 2.16 bits per heavy atom. The Morgan fingerprint density at radius 1 is 0.947 bits per heavy atom. The molecule has 0 heterocycles.